The molecule has 0 saturated heterocycles. The summed E-state index contributed by atoms with van der Waals surface area (Å²) in [6.07, 6.45) is 0. The maximum absolute atomic E-state index is 5.41. The number of rotatable bonds is 3. The van der Waals surface area contributed by atoms with Crippen molar-refractivity contribution in [3.8, 4) is 0 Å². The summed E-state index contributed by atoms with van der Waals surface area (Å²) in [7, 11) is 0. The van der Waals surface area contributed by atoms with Crippen LogP contribution >= 0.6 is 11.3 Å². The zero-order valence-corrected chi connectivity index (χ0v) is 8.51. The fourth-order valence-electron chi connectivity index (χ4n) is 1.14. The first-order valence-electron chi connectivity index (χ1n) is 4.23. The van der Waals surface area contributed by atoms with Gasteiger partial charge in [0.25, 0.3) is 0 Å². The number of aromatic nitrogens is 3. The van der Waals surface area contributed by atoms with Crippen LogP contribution in [0.2, 0.25) is 0 Å². The Balaban J connectivity index is 2.05. The standard InChI is InChI=1S/C8H11N5S/c1-5(6-3-2-4-14-6)10-8-11-7(9)12-13-8/h2-5H,1H3,(H4,9,10,11,12,13). The first-order valence-corrected chi connectivity index (χ1v) is 5.11. The predicted molar refractivity (Wildman–Crippen MR) is 57.2 cm³/mol. The molecule has 0 radical (unpaired) electrons. The van der Waals surface area contributed by atoms with E-state index in [0.29, 0.717) is 11.9 Å². The number of H-pyrrole nitrogens is 1. The summed E-state index contributed by atoms with van der Waals surface area (Å²) in [5, 5.41) is 11.7. The van der Waals surface area contributed by atoms with Gasteiger partial charge in [-0.25, -0.2) is 5.10 Å². The molecule has 0 aromatic carbocycles. The number of hydrogen-bond donors (Lipinski definition) is 3. The highest BCUT2D eigenvalue weighted by Gasteiger charge is 2.08. The Labute approximate surface area is 85.4 Å². The van der Waals surface area contributed by atoms with Crippen LogP contribution in [0, 0.1) is 0 Å². The van der Waals surface area contributed by atoms with Crippen molar-refractivity contribution in [2.75, 3.05) is 11.1 Å². The lowest BCUT2D eigenvalue weighted by Gasteiger charge is -2.08. The molecule has 6 heteroatoms. The van der Waals surface area contributed by atoms with Crippen molar-refractivity contribution in [2.24, 2.45) is 0 Å². The molecule has 14 heavy (non-hydrogen) atoms. The number of aromatic amines is 1. The van der Waals surface area contributed by atoms with E-state index in [1.54, 1.807) is 11.3 Å². The van der Waals surface area contributed by atoms with Crippen molar-refractivity contribution in [3.63, 3.8) is 0 Å². The molecule has 2 heterocycles. The number of nitrogens with one attached hydrogen (secondary N) is 2. The molecule has 0 fully saturated rings. The molecule has 2 aromatic heterocycles. The van der Waals surface area contributed by atoms with Crippen LogP contribution in [-0.4, -0.2) is 15.2 Å². The maximum Gasteiger partial charge on any atom is 0.244 e. The maximum atomic E-state index is 5.41. The van der Waals surface area contributed by atoms with Gasteiger partial charge in [0.05, 0.1) is 6.04 Å². The molecule has 0 aliphatic carbocycles. The van der Waals surface area contributed by atoms with E-state index >= 15 is 0 Å². The van der Waals surface area contributed by atoms with Crippen molar-refractivity contribution >= 4 is 23.2 Å². The average molecular weight is 209 g/mol. The van der Waals surface area contributed by atoms with E-state index in [9.17, 15) is 0 Å². The summed E-state index contributed by atoms with van der Waals surface area (Å²) in [4.78, 5) is 5.21. The van der Waals surface area contributed by atoms with Crippen molar-refractivity contribution in [3.05, 3.63) is 22.4 Å². The molecule has 2 aromatic rings. The van der Waals surface area contributed by atoms with Gasteiger partial charge in [-0.1, -0.05) is 6.07 Å². The Morgan fingerprint density at radius 1 is 1.64 bits per heavy atom. The molecule has 0 aliphatic heterocycles. The third kappa shape index (κ3) is 1.85. The smallest absolute Gasteiger partial charge is 0.244 e. The molecule has 1 unspecified atom stereocenters. The predicted octanol–water partition coefficient (Wildman–Crippen LogP) is 1.62. The first-order chi connectivity index (χ1) is 6.75. The summed E-state index contributed by atoms with van der Waals surface area (Å²) in [5.41, 5.74) is 5.41. The van der Waals surface area contributed by atoms with E-state index in [2.05, 4.69) is 33.5 Å². The monoisotopic (exact) mass is 209 g/mol. The minimum Gasteiger partial charge on any atom is -0.368 e. The number of nitrogen functional groups attached to an aromatic ring is 1. The summed E-state index contributed by atoms with van der Waals surface area (Å²) >= 11 is 1.70. The second-order valence-electron chi connectivity index (χ2n) is 2.93. The van der Waals surface area contributed by atoms with Crippen molar-refractivity contribution in [1.82, 2.24) is 15.2 Å². The third-order valence-electron chi connectivity index (χ3n) is 1.82. The first kappa shape index (κ1) is 9.01. The second kappa shape index (κ2) is 3.67. The van der Waals surface area contributed by atoms with Crippen LogP contribution in [0.5, 0.6) is 0 Å². The summed E-state index contributed by atoms with van der Waals surface area (Å²) in [5.74, 6) is 0.856. The van der Waals surface area contributed by atoms with Crippen molar-refractivity contribution < 1.29 is 0 Å². The largest absolute Gasteiger partial charge is 0.368 e. The Kier molecular flexibility index (Phi) is 2.36. The molecule has 0 aliphatic rings. The zero-order chi connectivity index (χ0) is 9.97. The number of hydrogen-bond acceptors (Lipinski definition) is 5. The lowest BCUT2D eigenvalue weighted by molar-refractivity contribution is 0.882. The Morgan fingerprint density at radius 2 is 2.50 bits per heavy atom. The van der Waals surface area contributed by atoms with Crippen LogP contribution in [0.25, 0.3) is 0 Å². The SMILES string of the molecule is CC(Nc1n[nH]c(N)n1)c1cccs1. The summed E-state index contributed by atoms with van der Waals surface area (Å²) < 4.78 is 0. The molecule has 74 valence electrons. The van der Waals surface area contributed by atoms with Crippen molar-refractivity contribution in [2.45, 2.75) is 13.0 Å². The van der Waals surface area contributed by atoms with E-state index in [4.69, 9.17) is 5.73 Å². The van der Waals surface area contributed by atoms with Crippen LogP contribution in [-0.2, 0) is 0 Å². The normalized spacial score (nSPS) is 12.6. The van der Waals surface area contributed by atoms with Gasteiger partial charge in [-0.05, 0) is 18.4 Å². The molecule has 2 rings (SSSR count). The zero-order valence-electron chi connectivity index (χ0n) is 7.69. The van der Waals surface area contributed by atoms with E-state index in [0.717, 1.165) is 0 Å². The number of nitrogens with zero attached hydrogens (tertiary/aromatic N) is 2. The highest BCUT2D eigenvalue weighted by molar-refractivity contribution is 7.10. The van der Waals surface area contributed by atoms with Gasteiger partial charge in [-0.3, -0.25) is 0 Å². The highest BCUT2D eigenvalue weighted by Crippen LogP contribution is 2.21. The number of anilines is 2. The molecular formula is C8H11N5S. The average Bonchev–Trinajstić information content (AvgIpc) is 2.75. The minimum atomic E-state index is 0.199. The van der Waals surface area contributed by atoms with Gasteiger partial charge in [0.2, 0.25) is 11.9 Å². The molecule has 1 atom stereocenters. The van der Waals surface area contributed by atoms with Crippen LogP contribution in [0.1, 0.15) is 17.8 Å². The minimum absolute atomic E-state index is 0.199. The third-order valence-corrected chi connectivity index (χ3v) is 2.87. The molecule has 5 nitrogen and oxygen atoms in total. The van der Waals surface area contributed by atoms with E-state index in [1.807, 2.05) is 11.4 Å². The molecule has 4 N–H and O–H groups in total. The molecular weight excluding hydrogens is 198 g/mol. The fraction of sp³-hybridized carbons (Fsp3) is 0.250. The quantitative estimate of drug-likeness (QED) is 0.717. The lowest BCUT2D eigenvalue weighted by atomic mass is 10.3. The second-order valence-corrected chi connectivity index (χ2v) is 3.90. The highest BCUT2D eigenvalue weighted by atomic mass is 32.1. The van der Waals surface area contributed by atoms with Crippen molar-refractivity contribution in [1.29, 1.82) is 0 Å². The molecule has 0 bridgehead atoms. The summed E-state index contributed by atoms with van der Waals surface area (Å²) in [6, 6.07) is 4.29. The van der Waals surface area contributed by atoms with Gasteiger partial charge >= 0.3 is 0 Å². The van der Waals surface area contributed by atoms with E-state index < -0.39 is 0 Å². The number of nitrogens with two attached hydrogens (primary N) is 1. The van der Waals surface area contributed by atoms with Gasteiger partial charge < -0.3 is 11.1 Å². The van der Waals surface area contributed by atoms with Gasteiger partial charge in [0.1, 0.15) is 0 Å². The molecule has 0 saturated carbocycles. The van der Waals surface area contributed by atoms with E-state index in [1.165, 1.54) is 4.88 Å². The van der Waals surface area contributed by atoms with Gasteiger partial charge in [-0.2, -0.15) is 4.98 Å². The topological polar surface area (TPSA) is 79.6 Å². The fourth-order valence-corrected chi connectivity index (χ4v) is 1.88. The lowest BCUT2D eigenvalue weighted by Crippen LogP contribution is -2.06. The molecule has 0 amide bonds. The van der Waals surface area contributed by atoms with Crippen LogP contribution in [0.3, 0.4) is 0 Å². The van der Waals surface area contributed by atoms with Crippen LogP contribution < -0.4 is 11.1 Å². The Bertz CT molecular complexity index is 394. The Morgan fingerprint density at radius 3 is 3.07 bits per heavy atom. The molecule has 0 spiro atoms. The van der Waals surface area contributed by atoms with Crippen LogP contribution in [0.15, 0.2) is 17.5 Å². The number of thiophene rings is 1. The van der Waals surface area contributed by atoms with Gasteiger partial charge in [0.15, 0.2) is 0 Å². The van der Waals surface area contributed by atoms with E-state index in [-0.39, 0.29) is 6.04 Å². The van der Waals surface area contributed by atoms with Gasteiger partial charge in [-0.15, -0.1) is 16.4 Å². The van der Waals surface area contributed by atoms with Crippen LogP contribution in [0.4, 0.5) is 11.9 Å². The Hall–Kier alpha value is -1.56. The summed E-state index contributed by atoms with van der Waals surface area (Å²) in [6.45, 7) is 2.05. The van der Waals surface area contributed by atoms with Gasteiger partial charge in [0, 0.05) is 4.88 Å².